The molecule has 1 aromatic heterocycles. The minimum atomic E-state index is -0.127. The first kappa shape index (κ1) is 12.1. The van der Waals surface area contributed by atoms with Crippen LogP contribution in [0.15, 0.2) is 47.1 Å². The van der Waals surface area contributed by atoms with Gasteiger partial charge in [0.2, 0.25) is 0 Å². The molecule has 4 heteroatoms. The molecule has 0 saturated carbocycles. The maximum absolute atomic E-state index is 6.14. The predicted molar refractivity (Wildman–Crippen MR) is 73.4 cm³/mol. The zero-order valence-electron chi connectivity index (χ0n) is 9.31. The smallest absolute Gasteiger partial charge is 0.128 e. The van der Waals surface area contributed by atoms with Crippen LogP contribution in [0.2, 0.25) is 0 Å². The highest BCUT2D eigenvalue weighted by Gasteiger charge is 2.10. The van der Waals surface area contributed by atoms with Gasteiger partial charge >= 0.3 is 0 Å². The molecule has 1 aromatic carbocycles. The number of aromatic nitrogens is 1. The van der Waals surface area contributed by atoms with Crippen molar-refractivity contribution in [2.45, 2.75) is 12.5 Å². The molecule has 1 heterocycles. The van der Waals surface area contributed by atoms with E-state index in [4.69, 9.17) is 11.5 Å². The van der Waals surface area contributed by atoms with Gasteiger partial charge in [0.05, 0.1) is 0 Å². The molecule has 4 N–H and O–H groups in total. The molecular formula is C13H14BrN3. The van der Waals surface area contributed by atoms with Crippen LogP contribution in [0.3, 0.4) is 0 Å². The van der Waals surface area contributed by atoms with E-state index in [-0.39, 0.29) is 6.04 Å². The second-order valence-corrected chi connectivity index (χ2v) is 4.83. The Bertz CT molecular complexity index is 514. The number of nitrogens with zero attached hydrogens (tertiary/aromatic N) is 1. The fourth-order valence-electron chi connectivity index (χ4n) is 1.77. The molecule has 3 nitrogen and oxygen atoms in total. The number of hydrogen-bond donors (Lipinski definition) is 2. The molecule has 0 bridgehead atoms. The zero-order valence-corrected chi connectivity index (χ0v) is 10.9. The normalized spacial score (nSPS) is 12.4. The van der Waals surface area contributed by atoms with E-state index in [9.17, 15) is 0 Å². The number of halogens is 1. The number of nitrogens with two attached hydrogens (primary N) is 2. The fourth-order valence-corrected chi connectivity index (χ4v) is 2.22. The van der Waals surface area contributed by atoms with E-state index in [2.05, 4.69) is 33.0 Å². The van der Waals surface area contributed by atoms with Crippen LogP contribution in [0.5, 0.6) is 0 Å². The van der Waals surface area contributed by atoms with Gasteiger partial charge < -0.3 is 11.5 Å². The zero-order chi connectivity index (χ0) is 12.3. The lowest BCUT2D eigenvalue weighted by Gasteiger charge is -2.13. The predicted octanol–water partition coefficient (Wildman–Crippen LogP) is 2.67. The molecule has 0 aliphatic heterocycles. The first-order valence-corrected chi connectivity index (χ1v) is 6.16. The van der Waals surface area contributed by atoms with Gasteiger partial charge in [0, 0.05) is 22.3 Å². The summed E-state index contributed by atoms with van der Waals surface area (Å²) >= 11 is 3.44. The van der Waals surface area contributed by atoms with Crippen molar-refractivity contribution >= 4 is 21.7 Å². The summed E-state index contributed by atoms with van der Waals surface area (Å²) in [6.07, 6.45) is 2.42. The molecule has 0 radical (unpaired) electrons. The minimum Gasteiger partial charge on any atom is -0.383 e. The summed E-state index contributed by atoms with van der Waals surface area (Å²) in [4.78, 5) is 4.05. The van der Waals surface area contributed by atoms with Gasteiger partial charge in [-0.1, -0.05) is 34.1 Å². The highest BCUT2D eigenvalue weighted by Crippen LogP contribution is 2.21. The highest BCUT2D eigenvalue weighted by atomic mass is 79.9. The molecule has 2 rings (SSSR count). The molecule has 0 aliphatic rings. The highest BCUT2D eigenvalue weighted by molar-refractivity contribution is 9.10. The van der Waals surface area contributed by atoms with Crippen molar-refractivity contribution in [3.8, 4) is 0 Å². The van der Waals surface area contributed by atoms with Gasteiger partial charge in [-0.05, 0) is 30.2 Å². The van der Waals surface area contributed by atoms with Gasteiger partial charge in [-0.15, -0.1) is 0 Å². The van der Waals surface area contributed by atoms with Crippen LogP contribution in [-0.2, 0) is 6.42 Å². The summed E-state index contributed by atoms with van der Waals surface area (Å²) < 4.78 is 1.06. The Kier molecular flexibility index (Phi) is 3.76. The molecule has 0 amide bonds. The molecule has 2 aromatic rings. The Morgan fingerprint density at radius 2 is 2.06 bits per heavy atom. The van der Waals surface area contributed by atoms with Crippen LogP contribution >= 0.6 is 15.9 Å². The third kappa shape index (κ3) is 3.05. The minimum absolute atomic E-state index is 0.127. The van der Waals surface area contributed by atoms with Crippen molar-refractivity contribution in [3.63, 3.8) is 0 Å². The lowest BCUT2D eigenvalue weighted by atomic mass is 10.0. The Morgan fingerprint density at radius 3 is 2.76 bits per heavy atom. The second-order valence-electron chi connectivity index (χ2n) is 3.92. The van der Waals surface area contributed by atoms with E-state index in [1.807, 2.05) is 24.3 Å². The first-order chi connectivity index (χ1) is 8.16. The topological polar surface area (TPSA) is 64.9 Å². The maximum Gasteiger partial charge on any atom is 0.128 e. The van der Waals surface area contributed by atoms with Crippen molar-refractivity contribution < 1.29 is 0 Å². The number of pyridine rings is 1. The summed E-state index contributed by atoms with van der Waals surface area (Å²) in [6.45, 7) is 0. The molecule has 0 aliphatic carbocycles. The van der Waals surface area contributed by atoms with Gasteiger partial charge in [-0.3, -0.25) is 0 Å². The SMILES string of the molecule is Nc1ncccc1C(N)Cc1cccc(Br)c1. The van der Waals surface area contributed by atoms with Gasteiger partial charge in [0.25, 0.3) is 0 Å². The largest absolute Gasteiger partial charge is 0.383 e. The van der Waals surface area contributed by atoms with E-state index in [0.29, 0.717) is 5.82 Å². The number of rotatable bonds is 3. The average Bonchev–Trinajstić information content (AvgIpc) is 2.29. The maximum atomic E-state index is 6.14. The summed E-state index contributed by atoms with van der Waals surface area (Å²) in [5.74, 6) is 0.509. The van der Waals surface area contributed by atoms with E-state index in [0.717, 1.165) is 16.5 Å². The van der Waals surface area contributed by atoms with Gasteiger partial charge in [-0.25, -0.2) is 4.98 Å². The van der Waals surface area contributed by atoms with Crippen LogP contribution in [0.4, 0.5) is 5.82 Å². The monoisotopic (exact) mass is 291 g/mol. The number of nitrogen functional groups attached to an aromatic ring is 1. The van der Waals surface area contributed by atoms with Crippen LogP contribution in [0.1, 0.15) is 17.2 Å². The van der Waals surface area contributed by atoms with Crippen LogP contribution in [0.25, 0.3) is 0 Å². The summed E-state index contributed by atoms with van der Waals surface area (Å²) in [7, 11) is 0. The molecule has 0 fully saturated rings. The van der Waals surface area contributed by atoms with Crippen molar-refractivity contribution in [2.24, 2.45) is 5.73 Å². The van der Waals surface area contributed by atoms with Crippen molar-refractivity contribution in [1.29, 1.82) is 0 Å². The van der Waals surface area contributed by atoms with Crippen LogP contribution < -0.4 is 11.5 Å². The number of hydrogen-bond acceptors (Lipinski definition) is 3. The van der Waals surface area contributed by atoms with E-state index < -0.39 is 0 Å². The molecule has 88 valence electrons. The molecule has 0 spiro atoms. The lowest BCUT2D eigenvalue weighted by Crippen LogP contribution is -2.15. The first-order valence-electron chi connectivity index (χ1n) is 5.37. The molecular weight excluding hydrogens is 278 g/mol. The van der Waals surface area contributed by atoms with Gasteiger partial charge in [0.1, 0.15) is 5.82 Å². The summed E-state index contributed by atoms with van der Waals surface area (Å²) in [5, 5.41) is 0. The van der Waals surface area contributed by atoms with Gasteiger partial charge in [-0.2, -0.15) is 0 Å². The van der Waals surface area contributed by atoms with Crippen LogP contribution in [0, 0.1) is 0 Å². The van der Waals surface area contributed by atoms with Crippen molar-refractivity contribution in [1.82, 2.24) is 4.98 Å². The second kappa shape index (κ2) is 5.29. The number of benzene rings is 1. The van der Waals surface area contributed by atoms with Crippen LogP contribution in [-0.4, -0.2) is 4.98 Å². The summed E-state index contributed by atoms with van der Waals surface area (Å²) in [5.41, 5.74) is 14.0. The Hall–Kier alpha value is -1.39. The quantitative estimate of drug-likeness (QED) is 0.914. The van der Waals surface area contributed by atoms with E-state index in [1.54, 1.807) is 6.20 Å². The van der Waals surface area contributed by atoms with E-state index >= 15 is 0 Å². The molecule has 1 atom stereocenters. The summed E-state index contributed by atoms with van der Waals surface area (Å²) in [6, 6.07) is 11.8. The van der Waals surface area contributed by atoms with Crippen molar-refractivity contribution in [2.75, 3.05) is 5.73 Å². The Morgan fingerprint density at radius 1 is 1.24 bits per heavy atom. The van der Waals surface area contributed by atoms with Gasteiger partial charge in [0.15, 0.2) is 0 Å². The average molecular weight is 292 g/mol. The lowest BCUT2D eigenvalue weighted by molar-refractivity contribution is 0.721. The third-order valence-corrected chi connectivity index (χ3v) is 3.11. The Balaban J connectivity index is 2.17. The fraction of sp³-hybridized carbons (Fsp3) is 0.154. The standard InChI is InChI=1S/C13H14BrN3/c14-10-4-1-3-9(7-10)8-12(15)11-5-2-6-17-13(11)16/h1-7,12H,8,15H2,(H2,16,17). The third-order valence-electron chi connectivity index (χ3n) is 2.62. The molecule has 0 saturated heterocycles. The molecule has 17 heavy (non-hydrogen) atoms. The Labute approximate surface area is 109 Å². The molecule has 1 unspecified atom stereocenters. The number of anilines is 1. The van der Waals surface area contributed by atoms with E-state index in [1.165, 1.54) is 5.56 Å². The van der Waals surface area contributed by atoms with Crippen molar-refractivity contribution in [3.05, 3.63) is 58.2 Å².